The van der Waals surface area contributed by atoms with E-state index in [-0.39, 0.29) is 5.41 Å². The highest BCUT2D eigenvalue weighted by atomic mass is 16.3. The number of nitrogens with zero attached hydrogens (tertiary/aromatic N) is 1. The van der Waals surface area contributed by atoms with Gasteiger partial charge in [-0.2, -0.15) is 0 Å². The molecule has 51 heavy (non-hydrogen) atoms. The zero-order valence-corrected chi connectivity index (χ0v) is 28.6. The highest BCUT2D eigenvalue weighted by Gasteiger charge is 2.35. The molecule has 0 atom stereocenters. The van der Waals surface area contributed by atoms with Gasteiger partial charge in [-0.3, -0.25) is 0 Å². The van der Waals surface area contributed by atoms with Crippen molar-refractivity contribution in [3.05, 3.63) is 187 Å². The minimum Gasteiger partial charge on any atom is -0.455 e. The molecular formula is C49H35NO. The predicted molar refractivity (Wildman–Crippen MR) is 214 cm³/mol. The maximum atomic E-state index is 6.87. The van der Waals surface area contributed by atoms with Gasteiger partial charge in [0, 0.05) is 44.2 Å². The Hall–Kier alpha value is -6.38. The Balaban J connectivity index is 1.24. The van der Waals surface area contributed by atoms with Crippen LogP contribution in [0.15, 0.2) is 180 Å². The highest BCUT2D eigenvalue weighted by Crippen LogP contribution is 2.51. The Morgan fingerprint density at radius 2 is 1.04 bits per heavy atom. The van der Waals surface area contributed by atoms with Crippen molar-refractivity contribution in [2.45, 2.75) is 19.3 Å². The lowest BCUT2D eigenvalue weighted by atomic mass is 9.82. The average Bonchev–Trinajstić information content (AvgIpc) is 3.68. The molecule has 1 aromatic heterocycles. The fourth-order valence-electron chi connectivity index (χ4n) is 8.26. The van der Waals surface area contributed by atoms with Gasteiger partial charge in [-0.1, -0.05) is 147 Å². The van der Waals surface area contributed by atoms with Gasteiger partial charge in [0.05, 0.1) is 0 Å². The summed E-state index contributed by atoms with van der Waals surface area (Å²) in [5.41, 5.74) is 15.0. The molecule has 0 fully saturated rings. The summed E-state index contributed by atoms with van der Waals surface area (Å²) >= 11 is 0. The largest absolute Gasteiger partial charge is 0.455 e. The van der Waals surface area contributed by atoms with Crippen molar-refractivity contribution in [1.82, 2.24) is 0 Å². The minimum absolute atomic E-state index is 0.119. The predicted octanol–water partition coefficient (Wildman–Crippen LogP) is 13.8. The molecule has 0 unspecified atom stereocenters. The van der Waals surface area contributed by atoms with E-state index < -0.39 is 0 Å². The number of hydrogen-bond donors (Lipinski definition) is 0. The maximum absolute atomic E-state index is 6.87. The van der Waals surface area contributed by atoms with Crippen molar-refractivity contribution < 1.29 is 4.42 Å². The Morgan fingerprint density at radius 3 is 1.84 bits per heavy atom. The number of fused-ring (bicyclic) bond motifs is 8. The summed E-state index contributed by atoms with van der Waals surface area (Å²) in [7, 11) is 0. The lowest BCUT2D eigenvalue weighted by molar-refractivity contribution is 0.660. The van der Waals surface area contributed by atoms with Crippen LogP contribution in [-0.2, 0) is 5.41 Å². The van der Waals surface area contributed by atoms with Crippen LogP contribution in [0.3, 0.4) is 0 Å². The van der Waals surface area contributed by atoms with Gasteiger partial charge < -0.3 is 9.32 Å². The van der Waals surface area contributed by atoms with Crippen LogP contribution in [0.4, 0.5) is 17.1 Å². The molecule has 242 valence electrons. The molecule has 9 aromatic rings. The average molecular weight is 654 g/mol. The Morgan fingerprint density at radius 1 is 0.392 bits per heavy atom. The van der Waals surface area contributed by atoms with Crippen LogP contribution in [0, 0.1) is 0 Å². The molecule has 8 aromatic carbocycles. The van der Waals surface area contributed by atoms with E-state index >= 15 is 0 Å². The third-order valence-corrected chi connectivity index (χ3v) is 10.8. The Bertz CT molecular complexity index is 2760. The number of rotatable bonds is 5. The van der Waals surface area contributed by atoms with Gasteiger partial charge in [-0.05, 0) is 86.8 Å². The van der Waals surface area contributed by atoms with Gasteiger partial charge in [-0.15, -0.1) is 0 Å². The fraction of sp³-hybridized carbons (Fsp3) is 0.0612. The molecule has 0 spiro atoms. The first-order valence-electron chi connectivity index (χ1n) is 17.7. The van der Waals surface area contributed by atoms with E-state index in [0.29, 0.717) is 0 Å². The van der Waals surface area contributed by atoms with Crippen molar-refractivity contribution >= 4 is 49.8 Å². The Labute approximate surface area is 297 Å². The SMILES string of the molecule is CC1(C)c2ccccc2-c2ccc(N(c3ccc(-c4ccccc4)cc3)c3cc(-c4ccccc4)c4oc5c6ccccc6ccc5c4c3)cc21. The molecule has 2 heteroatoms. The van der Waals surface area contributed by atoms with Crippen LogP contribution < -0.4 is 4.90 Å². The number of anilines is 3. The molecule has 1 heterocycles. The number of hydrogen-bond acceptors (Lipinski definition) is 2. The molecule has 0 radical (unpaired) electrons. The van der Waals surface area contributed by atoms with E-state index in [9.17, 15) is 0 Å². The lowest BCUT2D eigenvalue weighted by Gasteiger charge is -2.29. The standard InChI is InChI=1S/C49H35NO/c1-49(2)45-20-12-11-19-40(45)41-28-26-37(31-46(41)49)50(36-24-21-33(22-25-36)32-13-5-3-6-14-32)38-29-43(34-15-7-4-8-16-34)48-44(30-38)42-27-23-35-17-9-10-18-39(35)47(42)51-48/h3-31H,1-2H3. The molecule has 2 nitrogen and oxygen atoms in total. The van der Waals surface area contributed by atoms with Crippen LogP contribution in [0.25, 0.3) is 66.1 Å². The van der Waals surface area contributed by atoms with E-state index in [1.807, 2.05) is 0 Å². The van der Waals surface area contributed by atoms with Crippen LogP contribution in [0.1, 0.15) is 25.0 Å². The molecule has 0 saturated heterocycles. The van der Waals surface area contributed by atoms with E-state index in [1.54, 1.807) is 0 Å². The van der Waals surface area contributed by atoms with Gasteiger partial charge in [0.2, 0.25) is 0 Å². The quantitative estimate of drug-likeness (QED) is 0.184. The van der Waals surface area contributed by atoms with E-state index in [2.05, 4.69) is 195 Å². The van der Waals surface area contributed by atoms with E-state index in [1.165, 1.54) is 38.8 Å². The first-order chi connectivity index (χ1) is 25.0. The first kappa shape index (κ1) is 29.5. The summed E-state index contributed by atoms with van der Waals surface area (Å²) in [6, 6.07) is 63.6. The van der Waals surface area contributed by atoms with E-state index in [0.717, 1.165) is 55.5 Å². The summed E-state index contributed by atoms with van der Waals surface area (Å²) < 4.78 is 6.87. The number of furan rings is 1. The molecule has 0 amide bonds. The summed E-state index contributed by atoms with van der Waals surface area (Å²) in [5.74, 6) is 0. The zero-order chi connectivity index (χ0) is 34.1. The highest BCUT2D eigenvalue weighted by molar-refractivity contribution is 6.18. The van der Waals surface area contributed by atoms with Crippen molar-refractivity contribution in [3.8, 4) is 33.4 Å². The Kier molecular flexibility index (Phi) is 6.56. The molecule has 1 aliphatic carbocycles. The molecule has 10 rings (SSSR count). The molecule has 0 saturated carbocycles. The van der Waals surface area contributed by atoms with Crippen LogP contribution >= 0.6 is 0 Å². The summed E-state index contributed by atoms with van der Waals surface area (Å²) in [6.07, 6.45) is 0. The number of benzene rings is 8. The third kappa shape index (κ3) is 4.64. The topological polar surface area (TPSA) is 16.4 Å². The maximum Gasteiger partial charge on any atom is 0.143 e. The fourth-order valence-corrected chi connectivity index (χ4v) is 8.26. The van der Waals surface area contributed by atoms with Gasteiger partial charge in [-0.25, -0.2) is 0 Å². The van der Waals surface area contributed by atoms with Crippen LogP contribution in [0.2, 0.25) is 0 Å². The smallest absolute Gasteiger partial charge is 0.143 e. The second-order valence-electron chi connectivity index (χ2n) is 14.2. The zero-order valence-electron chi connectivity index (χ0n) is 28.6. The summed E-state index contributed by atoms with van der Waals surface area (Å²) in [4.78, 5) is 2.42. The summed E-state index contributed by atoms with van der Waals surface area (Å²) in [6.45, 7) is 4.70. The van der Waals surface area contributed by atoms with Gasteiger partial charge in [0.15, 0.2) is 0 Å². The van der Waals surface area contributed by atoms with Crippen molar-refractivity contribution in [1.29, 1.82) is 0 Å². The molecule has 1 aliphatic rings. The van der Waals surface area contributed by atoms with Crippen LogP contribution in [-0.4, -0.2) is 0 Å². The van der Waals surface area contributed by atoms with Crippen molar-refractivity contribution in [2.75, 3.05) is 4.90 Å². The second kappa shape index (κ2) is 11.3. The van der Waals surface area contributed by atoms with Gasteiger partial charge >= 0.3 is 0 Å². The summed E-state index contributed by atoms with van der Waals surface area (Å²) in [5, 5.41) is 4.52. The third-order valence-electron chi connectivity index (χ3n) is 10.8. The van der Waals surface area contributed by atoms with E-state index in [4.69, 9.17) is 4.42 Å². The van der Waals surface area contributed by atoms with Crippen molar-refractivity contribution in [2.24, 2.45) is 0 Å². The minimum atomic E-state index is -0.119. The van der Waals surface area contributed by atoms with Crippen molar-refractivity contribution in [3.63, 3.8) is 0 Å². The molecule has 0 aliphatic heterocycles. The second-order valence-corrected chi connectivity index (χ2v) is 14.2. The van der Waals surface area contributed by atoms with Gasteiger partial charge in [0.1, 0.15) is 11.2 Å². The normalized spacial score (nSPS) is 13.1. The monoisotopic (exact) mass is 653 g/mol. The first-order valence-corrected chi connectivity index (χ1v) is 17.7. The molecular weight excluding hydrogens is 619 g/mol. The van der Waals surface area contributed by atoms with Crippen LogP contribution in [0.5, 0.6) is 0 Å². The lowest BCUT2D eigenvalue weighted by Crippen LogP contribution is -2.16. The molecule has 0 N–H and O–H groups in total. The van der Waals surface area contributed by atoms with Gasteiger partial charge in [0.25, 0.3) is 0 Å². The molecule has 0 bridgehead atoms.